The maximum absolute atomic E-state index is 13.4. The van der Waals surface area contributed by atoms with Crippen LogP contribution >= 0.6 is 0 Å². The fourth-order valence-corrected chi connectivity index (χ4v) is 5.07. The smallest absolute Gasteiger partial charge is 0.192 e. The number of rotatable bonds is 2. The van der Waals surface area contributed by atoms with E-state index in [9.17, 15) is 9.59 Å². The number of dihydropyridines is 1. The summed E-state index contributed by atoms with van der Waals surface area (Å²) in [5, 5.41) is 3.53. The highest BCUT2D eigenvalue weighted by Gasteiger charge is 2.46. The first-order chi connectivity index (χ1) is 13.9. The van der Waals surface area contributed by atoms with E-state index in [1.807, 2.05) is 24.3 Å². The minimum atomic E-state index is -0.296. The zero-order valence-electron chi connectivity index (χ0n) is 17.1. The van der Waals surface area contributed by atoms with Crippen molar-refractivity contribution in [2.45, 2.75) is 46.0 Å². The van der Waals surface area contributed by atoms with Crippen LogP contribution in [0.2, 0.25) is 0 Å². The molecule has 0 unspecified atom stereocenters. The van der Waals surface area contributed by atoms with Gasteiger partial charge in [0.1, 0.15) is 0 Å². The molecule has 0 amide bonds. The summed E-state index contributed by atoms with van der Waals surface area (Å²) in [6.07, 6.45) is 2.29. The molecule has 0 saturated heterocycles. The number of benzene rings is 2. The van der Waals surface area contributed by atoms with Crippen molar-refractivity contribution < 1.29 is 9.59 Å². The first-order valence-corrected chi connectivity index (χ1v) is 10.4. The average Bonchev–Trinajstić information content (AvgIpc) is 2.98. The molecule has 0 aromatic heterocycles. The van der Waals surface area contributed by atoms with E-state index in [0.29, 0.717) is 6.42 Å². The topological polar surface area (TPSA) is 46.2 Å². The maximum atomic E-state index is 13.4. The molecule has 5 rings (SSSR count). The van der Waals surface area contributed by atoms with Gasteiger partial charge < -0.3 is 5.32 Å². The molecule has 3 aliphatic rings. The number of fused-ring (bicyclic) bond motifs is 2. The monoisotopic (exact) mass is 383 g/mol. The lowest BCUT2D eigenvalue weighted by atomic mass is 9.68. The first-order valence-electron chi connectivity index (χ1n) is 10.4. The molecule has 29 heavy (non-hydrogen) atoms. The lowest BCUT2D eigenvalue weighted by Gasteiger charge is -2.39. The highest BCUT2D eigenvalue weighted by Crippen LogP contribution is 2.51. The Labute approximate surface area is 171 Å². The van der Waals surface area contributed by atoms with Crippen molar-refractivity contribution in [2.24, 2.45) is 5.41 Å². The largest absolute Gasteiger partial charge is 0.358 e. The summed E-state index contributed by atoms with van der Waals surface area (Å²) in [7, 11) is 0. The quantitative estimate of drug-likeness (QED) is 0.777. The van der Waals surface area contributed by atoms with E-state index in [1.54, 1.807) is 0 Å². The molecule has 0 radical (unpaired) electrons. The van der Waals surface area contributed by atoms with Gasteiger partial charge in [-0.05, 0) is 29.4 Å². The third-order valence-electron chi connectivity index (χ3n) is 6.45. The van der Waals surface area contributed by atoms with Gasteiger partial charge in [-0.3, -0.25) is 9.59 Å². The minimum absolute atomic E-state index is 0.0388. The van der Waals surface area contributed by atoms with Crippen LogP contribution in [0.1, 0.15) is 66.6 Å². The Morgan fingerprint density at radius 1 is 0.931 bits per heavy atom. The Morgan fingerprint density at radius 3 is 2.31 bits per heavy atom. The highest BCUT2D eigenvalue weighted by atomic mass is 16.1. The van der Waals surface area contributed by atoms with Crippen LogP contribution in [0.5, 0.6) is 0 Å². The van der Waals surface area contributed by atoms with Gasteiger partial charge in [0.15, 0.2) is 11.6 Å². The lowest BCUT2D eigenvalue weighted by Crippen LogP contribution is -2.37. The number of ketones is 2. The van der Waals surface area contributed by atoms with Crippen molar-refractivity contribution in [3.05, 3.63) is 87.6 Å². The van der Waals surface area contributed by atoms with Gasteiger partial charge in [-0.1, -0.05) is 69.3 Å². The summed E-state index contributed by atoms with van der Waals surface area (Å²) in [4.78, 5) is 26.7. The molecule has 1 N–H and O–H groups in total. The number of nitrogens with one attached hydrogen (secondary N) is 1. The van der Waals surface area contributed by atoms with Crippen LogP contribution in [0.4, 0.5) is 0 Å². The molecule has 0 bridgehead atoms. The number of carbonyl (C=O) groups is 2. The number of hydrogen-bond donors (Lipinski definition) is 1. The molecule has 2 aliphatic carbocycles. The molecule has 0 fully saturated rings. The van der Waals surface area contributed by atoms with Gasteiger partial charge in [0.2, 0.25) is 0 Å². The Kier molecular flexibility index (Phi) is 3.92. The normalized spacial score (nSPS) is 22.2. The SMILES string of the molecule is CCc1ccc([C@@H]2C3=C(CC(C)(C)CC3=O)NC3=C2C(=O)c2ccccc23)cc1. The number of carbonyl (C=O) groups excluding carboxylic acids is 2. The van der Waals surface area contributed by atoms with Crippen molar-refractivity contribution in [1.82, 2.24) is 5.32 Å². The fourth-order valence-electron chi connectivity index (χ4n) is 5.07. The van der Waals surface area contributed by atoms with E-state index in [4.69, 9.17) is 0 Å². The van der Waals surface area contributed by atoms with E-state index in [2.05, 4.69) is 50.4 Å². The third-order valence-corrected chi connectivity index (χ3v) is 6.45. The molecule has 1 heterocycles. The van der Waals surface area contributed by atoms with E-state index in [1.165, 1.54) is 5.56 Å². The van der Waals surface area contributed by atoms with Crippen LogP contribution in [0, 0.1) is 5.41 Å². The Bertz CT molecular complexity index is 1120. The first kappa shape index (κ1) is 18.1. The van der Waals surface area contributed by atoms with Gasteiger partial charge in [0, 0.05) is 40.3 Å². The van der Waals surface area contributed by atoms with Crippen LogP contribution in [0.3, 0.4) is 0 Å². The number of Topliss-reactive ketones (excluding diaryl/α,β-unsaturated/α-hetero) is 2. The molecule has 3 heteroatoms. The second-order valence-electron chi connectivity index (χ2n) is 9.15. The summed E-state index contributed by atoms with van der Waals surface area (Å²) in [6, 6.07) is 16.2. The number of allylic oxidation sites excluding steroid dienone is 3. The standard InChI is InChI=1S/C26H25NO2/c1-4-15-9-11-16(12-10-15)21-22-19(13-26(2,3)14-20(22)28)27-24-17-7-5-6-8-18(17)25(29)23(21)24/h5-12,21,27H,4,13-14H2,1-3H3/t21-/m1/s1. The van der Waals surface area contributed by atoms with Crippen LogP contribution in [-0.2, 0) is 11.2 Å². The van der Waals surface area contributed by atoms with E-state index in [-0.39, 0.29) is 22.9 Å². The second-order valence-corrected chi connectivity index (χ2v) is 9.15. The fraction of sp³-hybridized carbons (Fsp3) is 0.308. The van der Waals surface area contributed by atoms with Crippen LogP contribution < -0.4 is 5.32 Å². The Morgan fingerprint density at radius 2 is 1.62 bits per heavy atom. The number of aryl methyl sites for hydroxylation is 1. The van der Waals surface area contributed by atoms with Crippen molar-refractivity contribution in [3.8, 4) is 0 Å². The van der Waals surface area contributed by atoms with E-state index >= 15 is 0 Å². The predicted octanol–water partition coefficient (Wildman–Crippen LogP) is 5.19. The zero-order chi connectivity index (χ0) is 20.3. The van der Waals surface area contributed by atoms with Gasteiger partial charge in [-0.2, -0.15) is 0 Å². The summed E-state index contributed by atoms with van der Waals surface area (Å²) < 4.78 is 0. The molecular formula is C26H25NO2. The van der Waals surface area contributed by atoms with Crippen molar-refractivity contribution >= 4 is 17.3 Å². The molecule has 2 aromatic rings. The van der Waals surface area contributed by atoms with Gasteiger partial charge in [0.25, 0.3) is 0 Å². The molecule has 0 saturated carbocycles. The Hall–Kier alpha value is -2.94. The molecule has 1 aliphatic heterocycles. The van der Waals surface area contributed by atoms with E-state index in [0.717, 1.165) is 52.1 Å². The third kappa shape index (κ3) is 2.71. The lowest BCUT2D eigenvalue weighted by molar-refractivity contribution is -0.118. The van der Waals surface area contributed by atoms with Crippen LogP contribution in [0.15, 0.2) is 65.4 Å². The van der Waals surface area contributed by atoms with Crippen LogP contribution in [0.25, 0.3) is 5.70 Å². The molecular weight excluding hydrogens is 358 g/mol. The maximum Gasteiger partial charge on any atom is 0.192 e. The van der Waals surface area contributed by atoms with Crippen molar-refractivity contribution in [1.29, 1.82) is 0 Å². The molecule has 0 spiro atoms. The van der Waals surface area contributed by atoms with Crippen LogP contribution in [-0.4, -0.2) is 11.6 Å². The number of hydrogen-bond acceptors (Lipinski definition) is 3. The minimum Gasteiger partial charge on any atom is -0.358 e. The summed E-state index contributed by atoms with van der Waals surface area (Å²) in [5.74, 6) is -0.101. The zero-order valence-corrected chi connectivity index (χ0v) is 17.1. The predicted molar refractivity (Wildman–Crippen MR) is 114 cm³/mol. The average molecular weight is 383 g/mol. The summed E-state index contributed by atoms with van der Waals surface area (Å²) >= 11 is 0. The molecule has 146 valence electrons. The van der Waals surface area contributed by atoms with Crippen molar-refractivity contribution in [3.63, 3.8) is 0 Å². The summed E-state index contributed by atoms with van der Waals surface area (Å²) in [5.41, 5.74) is 7.26. The second kappa shape index (κ2) is 6.28. The van der Waals surface area contributed by atoms with Crippen molar-refractivity contribution in [2.75, 3.05) is 0 Å². The molecule has 1 atom stereocenters. The Balaban J connectivity index is 1.73. The van der Waals surface area contributed by atoms with Gasteiger partial charge in [-0.25, -0.2) is 0 Å². The van der Waals surface area contributed by atoms with Gasteiger partial charge in [-0.15, -0.1) is 0 Å². The molecule has 3 nitrogen and oxygen atoms in total. The van der Waals surface area contributed by atoms with E-state index < -0.39 is 0 Å². The van der Waals surface area contributed by atoms with Gasteiger partial charge >= 0.3 is 0 Å². The van der Waals surface area contributed by atoms with Gasteiger partial charge in [0.05, 0.1) is 5.70 Å². The molecule has 2 aromatic carbocycles. The highest BCUT2D eigenvalue weighted by molar-refractivity contribution is 6.23. The summed E-state index contributed by atoms with van der Waals surface area (Å²) in [6.45, 7) is 6.41.